The molecule has 3 heterocycles. The van der Waals surface area contributed by atoms with Gasteiger partial charge in [-0.15, -0.1) is 0 Å². The molecule has 124 valence electrons. The van der Waals surface area contributed by atoms with Crippen LogP contribution in [0.15, 0.2) is 53.3 Å². The molecule has 0 aliphatic heterocycles. The Bertz CT molecular complexity index is 1020. The van der Waals surface area contributed by atoms with Crippen molar-refractivity contribution in [3.63, 3.8) is 0 Å². The SMILES string of the molecule is CN(Cc1nc(-c2ccncc2)no1)C(=O)c1n[nH]c2ccccc12. The molecule has 8 nitrogen and oxygen atoms in total. The number of nitrogens with zero attached hydrogens (tertiary/aromatic N) is 5. The van der Waals surface area contributed by atoms with E-state index in [1.807, 2.05) is 24.3 Å². The van der Waals surface area contributed by atoms with Crippen molar-refractivity contribution < 1.29 is 9.32 Å². The van der Waals surface area contributed by atoms with Gasteiger partial charge < -0.3 is 9.42 Å². The summed E-state index contributed by atoms with van der Waals surface area (Å²) >= 11 is 0. The number of carbonyl (C=O) groups is 1. The summed E-state index contributed by atoms with van der Waals surface area (Å²) < 4.78 is 5.24. The van der Waals surface area contributed by atoms with E-state index in [1.54, 1.807) is 31.6 Å². The molecule has 8 heteroatoms. The van der Waals surface area contributed by atoms with E-state index >= 15 is 0 Å². The lowest BCUT2D eigenvalue weighted by molar-refractivity contribution is 0.0765. The molecule has 3 aromatic heterocycles. The minimum absolute atomic E-state index is 0.193. The summed E-state index contributed by atoms with van der Waals surface area (Å²) in [5.74, 6) is 0.590. The summed E-state index contributed by atoms with van der Waals surface area (Å²) in [6.45, 7) is 0.193. The van der Waals surface area contributed by atoms with Gasteiger partial charge in [-0.2, -0.15) is 10.1 Å². The van der Waals surface area contributed by atoms with Gasteiger partial charge in [0.15, 0.2) is 5.69 Å². The second kappa shape index (κ2) is 6.16. The van der Waals surface area contributed by atoms with Gasteiger partial charge in [0.25, 0.3) is 5.91 Å². The molecule has 0 atom stereocenters. The summed E-state index contributed by atoms with van der Waals surface area (Å²) in [5, 5.41) is 11.7. The van der Waals surface area contributed by atoms with E-state index in [2.05, 4.69) is 25.3 Å². The van der Waals surface area contributed by atoms with E-state index in [9.17, 15) is 4.79 Å². The lowest BCUT2D eigenvalue weighted by atomic mass is 10.2. The maximum Gasteiger partial charge on any atom is 0.275 e. The van der Waals surface area contributed by atoms with Gasteiger partial charge in [0.1, 0.15) is 6.54 Å². The summed E-state index contributed by atoms with van der Waals surface area (Å²) in [6, 6.07) is 11.1. The molecule has 4 aromatic rings. The van der Waals surface area contributed by atoms with Crippen LogP contribution in [0.25, 0.3) is 22.3 Å². The van der Waals surface area contributed by atoms with Gasteiger partial charge >= 0.3 is 0 Å². The maximum atomic E-state index is 12.6. The highest BCUT2D eigenvalue weighted by Gasteiger charge is 2.20. The average Bonchev–Trinajstić information content (AvgIpc) is 3.29. The first-order chi connectivity index (χ1) is 12.2. The van der Waals surface area contributed by atoms with Gasteiger partial charge in [-0.1, -0.05) is 23.4 Å². The maximum absolute atomic E-state index is 12.6. The monoisotopic (exact) mass is 334 g/mol. The molecular weight excluding hydrogens is 320 g/mol. The fraction of sp³-hybridized carbons (Fsp3) is 0.118. The molecule has 0 spiro atoms. The summed E-state index contributed by atoms with van der Waals surface area (Å²) in [5.41, 5.74) is 1.99. The number of aromatic nitrogens is 5. The first-order valence-electron chi connectivity index (χ1n) is 7.64. The third kappa shape index (κ3) is 2.85. The molecule has 4 rings (SSSR count). The first kappa shape index (κ1) is 15.0. The molecule has 0 aliphatic rings. The molecule has 0 radical (unpaired) electrons. The number of pyridine rings is 1. The van der Waals surface area contributed by atoms with Gasteiger partial charge in [0, 0.05) is 30.4 Å². The Balaban J connectivity index is 1.53. The number of rotatable bonds is 4. The molecule has 1 aromatic carbocycles. The highest BCUT2D eigenvalue weighted by atomic mass is 16.5. The predicted octanol–water partition coefficient (Wildman–Crippen LogP) is 2.28. The number of para-hydroxylation sites is 1. The van der Waals surface area contributed by atoms with E-state index < -0.39 is 0 Å². The molecule has 0 bridgehead atoms. The number of nitrogens with one attached hydrogen (secondary N) is 1. The minimum atomic E-state index is -0.221. The topological polar surface area (TPSA) is 101 Å². The van der Waals surface area contributed by atoms with Crippen molar-refractivity contribution in [2.24, 2.45) is 0 Å². The zero-order valence-electron chi connectivity index (χ0n) is 13.4. The van der Waals surface area contributed by atoms with Crippen LogP contribution in [0.3, 0.4) is 0 Å². The Labute approximate surface area is 142 Å². The van der Waals surface area contributed by atoms with Gasteiger partial charge in [0.05, 0.1) is 5.52 Å². The van der Waals surface area contributed by atoms with Crippen molar-refractivity contribution >= 4 is 16.8 Å². The number of hydrogen-bond acceptors (Lipinski definition) is 6. The second-order valence-electron chi connectivity index (χ2n) is 5.53. The second-order valence-corrected chi connectivity index (χ2v) is 5.53. The smallest absolute Gasteiger partial charge is 0.275 e. The molecular formula is C17H14N6O2. The van der Waals surface area contributed by atoms with Crippen LogP contribution in [0.1, 0.15) is 16.4 Å². The molecule has 0 aliphatic carbocycles. The van der Waals surface area contributed by atoms with Crippen LogP contribution < -0.4 is 0 Å². The van der Waals surface area contributed by atoms with Crippen molar-refractivity contribution in [1.82, 2.24) is 30.2 Å². The van der Waals surface area contributed by atoms with Crippen LogP contribution in [0.2, 0.25) is 0 Å². The van der Waals surface area contributed by atoms with E-state index in [0.29, 0.717) is 17.4 Å². The quantitative estimate of drug-likeness (QED) is 0.614. The van der Waals surface area contributed by atoms with Crippen molar-refractivity contribution in [2.45, 2.75) is 6.54 Å². The average molecular weight is 334 g/mol. The van der Waals surface area contributed by atoms with E-state index in [0.717, 1.165) is 16.5 Å². The number of carbonyl (C=O) groups excluding carboxylic acids is 1. The standard InChI is InChI=1S/C17H14N6O2/c1-23(17(24)15-12-4-2-3-5-13(12)20-21-15)10-14-19-16(22-25-14)11-6-8-18-9-7-11/h2-9H,10H2,1H3,(H,20,21). The highest BCUT2D eigenvalue weighted by Crippen LogP contribution is 2.18. The molecule has 0 fully saturated rings. The number of benzene rings is 1. The van der Waals surface area contributed by atoms with Gasteiger partial charge in [-0.3, -0.25) is 14.9 Å². The molecule has 0 unspecified atom stereocenters. The Morgan fingerprint density at radius 2 is 2.00 bits per heavy atom. The van der Waals surface area contributed by atoms with Crippen LogP contribution >= 0.6 is 0 Å². The molecule has 1 amide bonds. The molecule has 1 N–H and O–H groups in total. The van der Waals surface area contributed by atoms with Gasteiger partial charge in [0.2, 0.25) is 11.7 Å². The van der Waals surface area contributed by atoms with Crippen molar-refractivity contribution in [3.8, 4) is 11.4 Å². The summed E-state index contributed by atoms with van der Waals surface area (Å²) in [7, 11) is 1.67. The van der Waals surface area contributed by atoms with Crippen LogP contribution in [0, 0.1) is 0 Å². The fourth-order valence-corrected chi connectivity index (χ4v) is 2.52. The Morgan fingerprint density at radius 3 is 2.84 bits per heavy atom. The lowest BCUT2D eigenvalue weighted by Gasteiger charge is -2.13. The zero-order chi connectivity index (χ0) is 17.2. The third-order valence-electron chi connectivity index (χ3n) is 3.80. The van der Waals surface area contributed by atoms with Crippen LogP contribution in [0.5, 0.6) is 0 Å². The van der Waals surface area contributed by atoms with E-state index in [1.165, 1.54) is 4.90 Å². The summed E-state index contributed by atoms with van der Waals surface area (Å²) in [6.07, 6.45) is 3.31. The van der Waals surface area contributed by atoms with Crippen LogP contribution in [-0.2, 0) is 6.54 Å². The number of aromatic amines is 1. The van der Waals surface area contributed by atoms with Gasteiger partial charge in [-0.25, -0.2) is 0 Å². The Kier molecular flexibility index (Phi) is 3.70. The highest BCUT2D eigenvalue weighted by molar-refractivity contribution is 6.04. The van der Waals surface area contributed by atoms with Crippen LogP contribution in [0.4, 0.5) is 0 Å². The predicted molar refractivity (Wildman–Crippen MR) is 89.4 cm³/mol. The van der Waals surface area contributed by atoms with Crippen molar-refractivity contribution in [2.75, 3.05) is 7.05 Å². The van der Waals surface area contributed by atoms with Crippen molar-refractivity contribution in [3.05, 3.63) is 60.4 Å². The fourth-order valence-electron chi connectivity index (χ4n) is 2.52. The van der Waals surface area contributed by atoms with E-state index in [4.69, 9.17) is 4.52 Å². The normalized spacial score (nSPS) is 10.9. The Morgan fingerprint density at radius 1 is 1.20 bits per heavy atom. The first-order valence-corrected chi connectivity index (χ1v) is 7.64. The minimum Gasteiger partial charge on any atom is -0.337 e. The lowest BCUT2D eigenvalue weighted by Crippen LogP contribution is -2.26. The Hall–Kier alpha value is -3.55. The van der Waals surface area contributed by atoms with Gasteiger partial charge in [-0.05, 0) is 18.2 Å². The van der Waals surface area contributed by atoms with Crippen molar-refractivity contribution in [1.29, 1.82) is 0 Å². The molecule has 25 heavy (non-hydrogen) atoms. The third-order valence-corrected chi connectivity index (χ3v) is 3.80. The number of amides is 1. The summed E-state index contributed by atoms with van der Waals surface area (Å²) in [4.78, 5) is 22.4. The van der Waals surface area contributed by atoms with E-state index in [-0.39, 0.29) is 12.5 Å². The zero-order valence-corrected chi connectivity index (χ0v) is 13.4. The molecule has 0 saturated heterocycles. The number of fused-ring (bicyclic) bond motifs is 1. The van der Waals surface area contributed by atoms with Crippen LogP contribution in [-0.4, -0.2) is 43.2 Å². The molecule has 0 saturated carbocycles. The number of hydrogen-bond donors (Lipinski definition) is 1. The largest absolute Gasteiger partial charge is 0.337 e. The number of H-pyrrole nitrogens is 1.